The number of benzene rings is 2. The summed E-state index contributed by atoms with van der Waals surface area (Å²) in [6.45, 7) is 1.98. The van der Waals surface area contributed by atoms with Crippen molar-refractivity contribution in [3.05, 3.63) is 60.2 Å². The quantitative estimate of drug-likeness (QED) is 0.697. The van der Waals surface area contributed by atoms with Crippen molar-refractivity contribution < 1.29 is 9.59 Å². The van der Waals surface area contributed by atoms with Gasteiger partial charge in [-0.05, 0) is 55.0 Å². The summed E-state index contributed by atoms with van der Waals surface area (Å²) in [7, 11) is 0. The zero-order valence-corrected chi connectivity index (χ0v) is 15.9. The second-order valence-electron chi connectivity index (χ2n) is 7.30. The molecule has 1 aliphatic rings. The minimum atomic E-state index is -0.113. The van der Waals surface area contributed by atoms with Gasteiger partial charge in [0.1, 0.15) is 0 Å². The van der Waals surface area contributed by atoms with Gasteiger partial charge in [-0.25, -0.2) is 0 Å². The molecule has 1 fully saturated rings. The largest absolute Gasteiger partial charge is 0.326 e. The number of nitrogens with one attached hydrogen (secondary N) is 2. The van der Waals surface area contributed by atoms with Crippen molar-refractivity contribution >= 4 is 23.2 Å². The molecule has 1 saturated carbocycles. The number of amides is 2. The summed E-state index contributed by atoms with van der Waals surface area (Å²) in [5.41, 5.74) is 2.60. The third kappa shape index (κ3) is 5.19. The highest BCUT2D eigenvalue weighted by atomic mass is 16.2. The highest BCUT2D eigenvalue weighted by Gasteiger charge is 2.31. The summed E-state index contributed by atoms with van der Waals surface area (Å²) in [6, 6.07) is 17.4. The summed E-state index contributed by atoms with van der Waals surface area (Å²) in [5.74, 6) is 0.355. The van der Waals surface area contributed by atoms with Crippen LogP contribution in [0.1, 0.15) is 56.9 Å². The third-order valence-electron chi connectivity index (χ3n) is 5.23. The number of carbonyl (C=O) groups excluding carboxylic acids is 2. The maximum atomic E-state index is 13.1. The molecule has 0 radical (unpaired) electrons. The summed E-state index contributed by atoms with van der Waals surface area (Å²) < 4.78 is 0. The Balaban J connectivity index is 1.69. The molecule has 2 aromatic carbocycles. The van der Waals surface area contributed by atoms with Gasteiger partial charge in [-0.15, -0.1) is 0 Å². The molecule has 0 bridgehead atoms. The number of anilines is 2. The van der Waals surface area contributed by atoms with E-state index in [9.17, 15) is 9.59 Å². The molecule has 0 saturated heterocycles. The fraction of sp³-hybridized carbons (Fsp3) is 0.391. The van der Waals surface area contributed by atoms with E-state index in [1.807, 2.05) is 49.4 Å². The molecule has 1 atom stereocenters. The van der Waals surface area contributed by atoms with Gasteiger partial charge in [-0.2, -0.15) is 0 Å². The van der Waals surface area contributed by atoms with Crippen molar-refractivity contribution in [3.8, 4) is 0 Å². The van der Waals surface area contributed by atoms with Crippen LogP contribution < -0.4 is 10.6 Å². The number of carbonyl (C=O) groups is 2. The molecule has 4 nitrogen and oxygen atoms in total. The van der Waals surface area contributed by atoms with Crippen LogP contribution >= 0.6 is 0 Å². The van der Waals surface area contributed by atoms with E-state index in [4.69, 9.17) is 0 Å². The van der Waals surface area contributed by atoms with E-state index in [1.165, 1.54) is 12.8 Å². The lowest BCUT2D eigenvalue weighted by atomic mass is 9.84. The second-order valence-corrected chi connectivity index (χ2v) is 7.30. The van der Waals surface area contributed by atoms with Crippen LogP contribution in [0.3, 0.4) is 0 Å². The van der Waals surface area contributed by atoms with Gasteiger partial charge in [-0.3, -0.25) is 9.59 Å². The molecule has 2 aromatic rings. The average molecular weight is 364 g/mol. The second kappa shape index (κ2) is 9.36. The summed E-state index contributed by atoms with van der Waals surface area (Å²) in [4.78, 5) is 24.8. The van der Waals surface area contributed by atoms with Crippen LogP contribution in [0.25, 0.3) is 0 Å². The number of hydrogen-bond donors (Lipinski definition) is 2. The van der Waals surface area contributed by atoms with Crippen LogP contribution in [0.2, 0.25) is 0 Å². The van der Waals surface area contributed by atoms with Crippen molar-refractivity contribution in [3.63, 3.8) is 0 Å². The smallest absolute Gasteiger partial charge is 0.232 e. The lowest BCUT2D eigenvalue weighted by Gasteiger charge is -2.23. The maximum absolute atomic E-state index is 13.1. The van der Waals surface area contributed by atoms with Crippen molar-refractivity contribution in [2.24, 2.45) is 5.92 Å². The Kier molecular flexibility index (Phi) is 6.64. The molecule has 0 aliphatic heterocycles. The summed E-state index contributed by atoms with van der Waals surface area (Å²) in [6.07, 6.45) is 5.95. The minimum Gasteiger partial charge on any atom is -0.326 e. The third-order valence-corrected chi connectivity index (χ3v) is 5.23. The summed E-state index contributed by atoms with van der Waals surface area (Å²) >= 11 is 0. The molecule has 0 aromatic heterocycles. The number of rotatable bonds is 7. The molecular weight excluding hydrogens is 336 g/mol. The van der Waals surface area contributed by atoms with E-state index in [-0.39, 0.29) is 17.7 Å². The first-order valence-electron chi connectivity index (χ1n) is 9.93. The highest BCUT2D eigenvalue weighted by Crippen LogP contribution is 2.38. The highest BCUT2D eigenvalue weighted by molar-refractivity contribution is 5.96. The van der Waals surface area contributed by atoms with Gasteiger partial charge in [0.15, 0.2) is 0 Å². The van der Waals surface area contributed by atoms with Crippen LogP contribution in [-0.4, -0.2) is 11.8 Å². The van der Waals surface area contributed by atoms with Gasteiger partial charge in [-0.1, -0.05) is 50.1 Å². The minimum absolute atomic E-state index is 0.0136. The first-order valence-corrected chi connectivity index (χ1v) is 9.93. The predicted molar refractivity (Wildman–Crippen MR) is 110 cm³/mol. The standard InChI is InChI=1S/C23H28N2O2/c1-2-8-21(26)24-19-13-15-20(16-14-19)25-23(27)22(18-11-6-7-12-18)17-9-4-3-5-10-17/h3-5,9-10,13-16,18,22H,2,6-8,11-12H2,1H3,(H,24,26)(H,25,27)/t22-/m0/s1. The van der Waals surface area contributed by atoms with E-state index in [2.05, 4.69) is 22.8 Å². The molecule has 2 N–H and O–H groups in total. The van der Waals surface area contributed by atoms with E-state index in [0.29, 0.717) is 12.3 Å². The molecule has 4 heteroatoms. The molecule has 142 valence electrons. The van der Waals surface area contributed by atoms with Crippen LogP contribution in [0.4, 0.5) is 11.4 Å². The first-order chi connectivity index (χ1) is 13.2. The Hall–Kier alpha value is -2.62. The van der Waals surface area contributed by atoms with Gasteiger partial charge >= 0.3 is 0 Å². The van der Waals surface area contributed by atoms with Crippen LogP contribution in [0, 0.1) is 5.92 Å². The van der Waals surface area contributed by atoms with E-state index in [1.54, 1.807) is 0 Å². The molecule has 3 rings (SSSR count). The van der Waals surface area contributed by atoms with Gasteiger partial charge in [0.2, 0.25) is 11.8 Å². The lowest BCUT2D eigenvalue weighted by molar-refractivity contribution is -0.119. The monoisotopic (exact) mass is 364 g/mol. The Morgan fingerprint density at radius 2 is 1.52 bits per heavy atom. The zero-order chi connectivity index (χ0) is 19.1. The van der Waals surface area contributed by atoms with Crippen LogP contribution in [0.15, 0.2) is 54.6 Å². The van der Waals surface area contributed by atoms with Crippen molar-refractivity contribution in [2.45, 2.75) is 51.4 Å². The Morgan fingerprint density at radius 3 is 2.11 bits per heavy atom. The molecule has 0 spiro atoms. The van der Waals surface area contributed by atoms with Gasteiger partial charge in [0.25, 0.3) is 0 Å². The van der Waals surface area contributed by atoms with Crippen molar-refractivity contribution in [1.29, 1.82) is 0 Å². The Morgan fingerprint density at radius 1 is 0.926 bits per heavy atom. The first kappa shape index (κ1) is 19.2. The van der Waals surface area contributed by atoms with E-state index < -0.39 is 0 Å². The summed E-state index contributed by atoms with van der Waals surface area (Å²) in [5, 5.41) is 5.94. The van der Waals surface area contributed by atoms with Gasteiger partial charge < -0.3 is 10.6 Å². The van der Waals surface area contributed by atoms with Gasteiger partial charge in [0, 0.05) is 17.8 Å². The molecule has 27 heavy (non-hydrogen) atoms. The predicted octanol–water partition coefficient (Wildman–Crippen LogP) is 5.34. The van der Waals surface area contributed by atoms with E-state index >= 15 is 0 Å². The molecule has 2 amide bonds. The molecular formula is C23H28N2O2. The molecule has 1 aliphatic carbocycles. The fourth-order valence-electron chi connectivity index (χ4n) is 3.90. The van der Waals surface area contributed by atoms with Crippen molar-refractivity contribution in [2.75, 3.05) is 10.6 Å². The fourth-order valence-corrected chi connectivity index (χ4v) is 3.90. The molecule has 0 unspecified atom stereocenters. The maximum Gasteiger partial charge on any atom is 0.232 e. The molecule has 0 heterocycles. The normalized spacial score (nSPS) is 15.3. The lowest BCUT2D eigenvalue weighted by Crippen LogP contribution is -2.26. The Bertz CT molecular complexity index is 750. The number of hydrogen-bond acceptors (Lipinski definition) is 2. The SMILES string of the molecule is CCCC(=O)Nc1ccc(NC(=O)[C@@H](c2ccccc2)C2CCCC2)cc1. The zero-order valence-electron chi connectivity index (χ0n) is 15.9. The van der Waals surface area contributed by atoms with Gasteiger partial charge in [0.05, 0.1) is 5.92 Å². The van der Waals surface area contributed by atoms with Crippen LogP contribution in [-0.2, 0) is 9.59 Å². The van der Waals surface area contributed by atoms with E-state index in [0.717, 1.165) is 36.2 Å². The van der Waals surface area contributed by atoms with Crippen molar-refractivity contribution in [1.82, 2.24) is 0 Å². The average Bonchev–Trinajstić information content (AvgIpc) is 3.19. The van der Waals surface area contributed by atoms with Crippen LogP contribution in [0.5, 0.6) is 0 Å². The Labute approximate surface area is 161 Å². The topological polar surface area (TPSA) is 58.2 Å².